The van der Waals surface area contributed by atoms with Gasteiger partial charge in [-0.2, -0.15) is 16.8 Å². The number of carbonyl (C=O) groups excluding carboxylic acids is 2. The van der Waals surface area contributed by atoms with Gasteiger partial charge in [-0.25, -0.2) is 0 Å². The number of nitrogens with zero attached hydrogens (tertiary/aromatic N) is 1. The van der Waals surface area contributed by atoms with E-state index >= 15 is 0 Å². The summed E-state index contributed by atoms with van der Waals surface area (Å²) in [4.78, 5) is 31.1. The molecule has 0 aromatic heterocycles. The van der Waals surface area contributed by atoms with E-state index in [0.717, 1.165) is 0 Å². The Morgan fingerprint density at radius 2 is 1.55 bits per heavy atom. The number of carboxylic acid groups (broad SMARTS) is 1. The van der Waals surface area contributed by atoms with Crippen LogP contribution in [0.2, 0.25) is 0 Å². The summed E-state index contributed by atoms with van der Waals surface area (Å²) in [6.07, 6.45) is -0.486. The molecule has 13 heteroatoms. The van der Waals surface area contributed by atoms with Crippen LogP contribution in [0.5, 0.6) is 0 Å². The second-order valence-corrected chi connectivity index (χ2v) is 5.87. The molecule has 0 aromatic carbocycles. The molecule has 1 fully saturated rings. The van der Waals surface area contributed by atoms with Crippen LogP contribution in [-0.2, 0) is 38.7 Å². The van der Waals surface area contributed by atoms with Crippen molar-refractivity contribution in [2.45, 2.75) is 26.2 Å². The van der Waals surface area contributed by atoms with Gasteiger partial charge in [0.1, 0.15) is 0 Å². The van der Waals surface area contributed by atoms with Gasteiger partial charge in [-0.05, 0) is 0 Å². The van der Waals surface area contributed by atoms with Crippen molar-refractivity contribution in [2.24, 2.45) is 0 Å². The molecule has 1 saturated heterocycles. The summed E-state index contributed by atoms with van der Waals surface area (Å²) in [6.45, 7) is 1.60. The van der Waals surface area contributed by atoms with Crippen molar-refractivity contribution in [2.75, 3.05) is 0 Å². The molecule has 2 N–H and O–H groups in total. The minimum Gasteiger partial charge on any atom is -0.481 e. The van der Waals surface area contributed by atoms with Crippen molar-refractivity contribution >= 4 is 38.5 Å². The van der Waals surface area contributed by atoms with Crippen molar-refractivity contribution in [3.05, 3.63) is 0 Å². The summed E-state index contributed by atoms with van der Waals surface area (Å²) in [6, 6.07) is 0. The molecule has 2 amide bonds. The van der Waals surface area contributed by atoms with E-state index < -0.39 is 38.5 Å². The molecule has 1 aliphatic heterocycles. The Labute approximate surface area is 114 Å². The van der Waals surface area contributed by atoms with E-state index in [0.29, 0.717) is 0 Å². The van der Waals surface area contributed by atoms with Crippen LogP contribution >= 0.6 is 0 Å². The Hall–Kier alpha value is -1.57. The van der Waals surface area contributed by atoms with Crippen molar-refractivity contribution < 1.29 is 44.5 Å². The molecule has 116 valence electrons. The molecule has 0 atom stereocenters. The van der Waals surface area contributed by atoms with Gasteiger partial charge in [0.15, 0.2) is 0 Å². The standard InChI is InChI=1S/C4H5NO8S2.C3H6O2/c6-3-1-2-4(7)5(3)14(8,9)13-15(10,11)12;1-2-3(4)5/h1-2H2,(H,10,11,12);2H2,1H3,(H,4,5). The molecule has 1 rings (SSSR count). The van der Waals surface area contributed by atoms with Crippen LogP contribution in [-0.4, -0.2) is 48.6 Å². The Morgan fingerprint density at radius 3 is 1.80 bits per heavy atom. The SMILES string of the molecule is CCC(=O)O.O=C1CCC(=O)N1S(=O)(=O)OS(=O)(=O)O. The van der Waals surface area contributed by atoms with Gasteiger partial charge in [0.25, 0.3) is 0 Å². The predicted molar refractivity (Wildman–Crippen MR) is 60.6 cm³/mol. The fourth-order valence-electron chi connectivity index (χ4n) is 0.945. The lowest BCUT2D eigenvalue weighted by molar-refractivity contribution is -0.137. The largest absolute Gasteiger partial charge is 0.481 e. The lowest BCUT2D eigenvalue weighted by atomic mass is 10.4. The van der Waals surface area contributed by atoms with Crippen LogP contribution < -0.4 is 0 Å². The van der Waals surface area contributed by atoms with Gasteiger partial charge >= 0.3 is 26.7 Å². The molecule has 20 heavy (non-hydrogen) atoms. The van der Waals surface area contributed by atoms with E-state index in [1.807, 2.05) is 0 Å². The third kappa shape index (κ3) is 6.05. The number of carboxylic acids is 1. The molecule has 0 unspecified atom stereocenters. The van der Waals surface area contributed by atoms with Crippen molar-refractivity contribution in [1.82, 2.24) is 4.31 Å². The zero-order chi connectivity index (χ0) is 16.1. The van der Waals surface area contributed by atoms with Crippen LogP contribution in [0.3, 0.4) is 0 Å². The first-order chi connectivity index (χ1) is 8.90. The molecular formula is C7H11NO10S2. The molecule has 11 nitrogen and oxygen atoms in total. The maximum Gasteiger partial charge on any atom is 0.413 e. The molecule has 0 aromatic rings. The summed E-state index contributed by atoms with van der Waals surface area (Å²) in [5.74, 6) is -2.96. The zero-order valence-electron chi connectivity index (χ0n) is 10.0. The van der Waals surface area contributed by atoms with Gasteiger partial charge in [0.2, 0.25) is 11.8 Å². The molecule has 0 saturated carbocycles. The number of hydrogen-bond acceptors (Lipinski definition) is 8. The van der Waals surface area contributed by atoms with Gasteiger partial charge in [-0.3, -0.25) is 18.9 Å². The number of rotatable bonds is 4. The Kier molecular flexibility index (Phi) is 6.21. The Bertz CT molecular complexity index is 588. The minimum atomic E-state index is -5.30. The third-order valence-electron chi connectivity index (χ3n) is 1.70. The molecule has 1 aliphatic rings. The monoisotopic (exact) mass is 333 g/mol. The first-order valence-electron chi connectivity index (χ1n) is 4.92. The molecule has 1 heterocycles. The van der Waals surface area contributed by atoms with Crippen LogP contribution in [0.4, 0.5) is 0 Å². The van der Waals surface area contributed by atoms with E-state index in [9.17, 15) is 31.2 Å². The fourth-order valence-corrected chi connectivity index (χ4v) is 2.74. The topological polar surface area (TPSA) is 172 Å². The van der Waals surface area contributed by atoms with E-state index in [-0.39, 0.29) is 23.6 Å². The van der Waals surface area contributed by atoms with Gasteiger partial charge in [0.05, 0.1) is 0 Å². The van der Waals surface area contributed by atoms with E-state index in [1.165, 1.54) is 0 Å². The zero-order valence-corrected chi connectivity index (χ0v) is 11.7. The van der Waals surface area contributed by atoms with Crippen LogP contribution in [0.25, 0.3) is 0 Å². The smallest absolute Gasteiger partial charge is 0.413 e. The van der Waals surface area contributed by atoms with Crippen LogP contribution in [0, 0.1) is 0 Å². The maximum atomic E-state index is 11.0. The fraction of sp³-hybridized carbons (Fsp3) is 0.571. The van der Waals surface area contributed by atoms with Crippen LogP contribution in [0.1, 0.15) is 26.2 Å². The lowest BCUT2D eigenvalue weighted by Crippen LogP contribution is -2.37. The number of hydrogen-bond donors (Lipinski definition) is 2. The highest BCUT2D eigenvalue weighted by molar-refractivity contribution is 7.96. The molecule has 0 radical (unpaired) electrons. The number of carbonyl (C=O) groups is 3. The van der Waals surface area contributed by atoms with Crippen molar-refractivity contribution in [1.29, 1.82) is 0 Å². The van der Waals surface area contributed by atoms with Gasteiger partial charge < -0.3 is 5.11 Å². The van der Waals surface area contributed by atoms with Gasteiger partial charge in [0, 0.05) is 19.3 Å². The maximum absolute atomic E-state index is 11.0. The summed E-state index contributed by atoms with van der Waals surface area (Å²) < 4.78 is 53.2. The van der Waals surface area contributed by atoms with E-state index in [1.54, 1.807) is 6.92 Å². The van der Waals surface area contributed by atoms with E-state index in [2.05, 4.69) is 3.63 Å². The van der Waals surface area contributed by atoms with Crippen LogP contribution in [0.15, 0.2) is 0 Å². The average molecular weight is 333 g/mol. The van der Waals surface area contributed by atoms with Gasteiger partial charge in [-0.15, -0.1) is 7.93 Å². The highest BCUT2D eigenvalue weighted by Crippen LogP contribution is 2.18. The van der Waals surface area contributed by atoms with Crippen molar-refractivity contribution in [3.8, 4) is 0 Å². The summed E-state index contributed by atoms with van der Waals surface area (Å²) in [7, 11) is -10.4. The summed E-state index contributed by atoms with van der Waals surface area (Å²) >= 11 is 0. The van der Waals surface area contributed by atoms with Gasteiger partial charge in [-0.1, -0.05) is 6.92 Å². The molecule has 0 bridgehead atoms. The first-order valence-corrected chi connectivity index (χ1v) is 7.65. The lowest BCUT2D eigenvalue weighted by Gasteiger charge is -2.11. The highest BCUT2D eigenvalue weighted by atomic mass is 32.3. The minimum absolute atomic E-state index is 0.222. The number of imide groups is 1. The Balaban J connectivity index is 0.000000621. The third-order valence-corrected chi connectivity index (χ3v) is 3.93. The Morgan fingerprint density at radius 1 is 1.20 bits per heavy atom. The second-order valence-electron chi connectivity index (χ2n) is 3.25. The molecule has 0 aliphatic carbocycles. The molecular weight excluding hydrogens is 322 g/mol. The predicted octanol–water partition coefficient (Wildman–Crippen LogP) is -1.32. The first kappa shape index (κ1) is 18.4. The summed E-state index contributed by atoms with van der Waals surface area (Å²) in [5.41, 5.74) is 0. The quantitative estimate of drug-likeness (QED) is 0.464. The molecule has 0 spiro atoms. The highest BCUT2D eigenvalue weighted by Gasteiger charge is 2.42. The van der Waals surface area contributed by atoms with E-state index in [4.69, 9.17) is 9.66 Å². The second kappa shape index (κ2) is 6.74. The summed E-state index contributed by atoms with van der Waals surface area (Å²) in [5, 5.41) is 7.72. The number of amides is 2. The van der Waals surface area contributed by atoms with Crippen molar-refractivity contribution in [3.63, 3.8) is 0 Å². The normalized spacial score (nSPS) is 15.8. The average Bonchev–Trinajstić information content (AvgIpc) is 2.56. The number of aliphatic carboxylic acids is 1.